The third kappa shape index (κ3) is 2.34. The van der Waals surface area contributed by atoms with Gasteiger partial charge in [0.2, 0.25) is 0 Å². The zero-order valence-electron chi connectivity index (χ0n) is 10.3. The molecule has 0 saturated carbocycles. The minimum Gasteiger partial charge on any atom is -0.361 e. The minimum atomic E-state index is 0.00599. The minimum absolute atomic E-state index is 0.00599. The third-order valence-electron chi connectivity index (χ3n) is 3.05. The van der Waals surface area contributed by atoms with Gasteiger partial charge in [-0.1, -0.05) is 42.5 Å². The van der Waals surface area contributed by atoms with E-state index in [0.29, 0.717) is 0 Å². The van der Waals surface area contributed by atoms with Gasteiger partial charge in [-0.05, 0) is 29.8 Å². The molecule has 1 aliphatic rings. The highest BCUT2D eigenvalue weighted by molar-refractivity contribution is 5.86. The lowest BCUT2D eigenvalue weighted by Gasteiger charge is -2.05. The number of hydrogen-bond acceptors (Lipinski definition) is 2. The van der Waals surface area contributed by atoms with E-state index in [4.69, 9.17) is 4.74 Å². The van der Waals surface area contributed by atoms with E-state index in [-0.39, 0.29) is 12.2 Å². The zero-order chi connectivity index (χ0) is 12.4. The van der Waals surface area contributed by atoms with Gasteiger partial charge in [-0.2, -0.15) is 0 Å². The molecule has 2 aromatic rings. The van der Waals surface area contributed by atoms with E-state index in [1.807, 2.05) is 37.4 Å². The molecule has 0 aliphatic carbocycles. The average molecular weight is 237 g/mol. The standard InChI is InChI=1S/C16H15NO/c1-12-6-9-16(18-12)11-17-15-8-7-13-4-2-3-5-14(13)10-15/h2-12,16H,1H3. The van der Waals surface area contributed by atoms with Crippen LogP contribution in [-0.2, 0) is 4.74 Å². The lowest BCUT2D eigenvalue weighted by molar-refractivity contribution is 0.112. The first-order valence-corrected chi connectivity index (χ1v) is 6.18. The molecule has 0 radical (unpaired) electrons. The van der Waals surface area contributed by atoms with Crippen molar-refractivity contribution in [1.29, 1.82) is 0 Å². The fourth-order valence-electron chi connectivity index (χ4n) is 2.11. The van der Waals surface area contributed by atoms with Crippen molar-refractivity contribution in [2.75, 3.05) is 0 Å². The molecule has 2 heteroatoms. The van der Waals surface area contributed by atoms with Crippen LogP contribution in [0.3, 0.4) is 0 Å². The Morgan fingerprint density at radius 1 is 1.06 bits per heavy atom. The summed E-state index contributed by atoms with van der Waals surface area (Å²) >= 11 is 0. The highest BCUT2D eigenvalue weighted by Crippen LogP contribution is 2.21. The summed E-state index contributed by atoms with van der Waals surface area (Å²) in [6.45, 7) is 2.03. The molecule has 0 saturated heterocycles. The Morgan fingerprint density at radius 3 is 2.67 bits per heavy atom. The molecule has 0 bridgehead atoms. The van der Waals surface area contributed by atoms with Crippen molar-refractivity contribution < 1.29 is 4.74 Å². The first kappa shape index (κ1) is 11.2. The fraction of sp³-hybridized carbons (Fsp3) is 0.188. The maximum Gasteiger partial charge on any atom is 0.112 e. The van der Waals surface area contributed by atoms with E-state index in [2.05, 4.69) is 35.3 Å². The van der Waals surface area contributed by atoms with Crippen molar-refractivity contribution in [3.05, 3.63) is 54.6 Å². The molecule has 0 fully saturated rings. The highest BCUT2D eigenvalue weighted by Gasteiger charge is 2.12. The van der Waals surface area contributed by atoms with Gasteiger partial charge in [0.25, 0.3) is 0 Å². The molecule has 2 nitrogen and oxygen atoms in total. The molecule has 1 heterocycles. The summed E-state index contributed by atoms with van der Waals surface area (Å²) in [5.41, 5.74) is 0.963. The molecular formula is C16H15NO. The van der Waals surface area contributed by atoms with Crippen molar-refractivity contribution in [3.8, 4) is 0 Å². The van der Waals surface area contributed by atoms with Gasteiger partial charge < -0.3 is 4.74 Å². The number of hydrogen-bond donors (Lipinski definition) is 0. The van der Waals surface area contributed by atoms with Crippen LogP contribution >= 0.6 is 0 Å². The maximum absolute atomic E-state index is 5.61. The highest BCUT2D eigenvalue weighted by atomic mass is 16.5. The third-order valence-corrected chi connectivity index (χ3v) is 3.05. The normalized spacial score (nSPS) is 23.2. The number of benzene rings is 2. The Bertz CT molecular complexity index is 615. The quantitative estimate of drug-likeness (QED) is 0.573. The second kappa shape index (κ2) is 4.75. The SMILES string of the molecule is CC1C=CC(C=Nc2ccc3ccccc3c2)O1. The number of fused-ring (bicyclic) bond motifs is 1. The van der Waals surface area contributed by atoms with Gasteiger partial charge in [-0.25, -0.2) is 0 Å². The number of rotatable bonds is 2. The van der Waals surface area contributed by atoms with Gasteiger partial charge in [0.1, 0.15) is 6.10 Å². The Balaban J connectivity index is 1.82. The maximum atomic E-state index is 5.61. The van der Waals surface area contributed by atoms with Crippen LogP contribution in [0.1, 0.15) is 6.92 Å². The van der Waals surface area contributed by atoms with Crippen LogP contribution in [0.15, 0.2) is 59.6 Å². The summed E-state index contributed by atoms with van der Waals surface area (Å²) in [6, 6.07) is 14.5. The van der Waals surface area contributed by atoms with Gasteiger partial charge in [-0.3, -0.25) is 4.99 Å². The molecule has 18 heavy (non-hydrogen) atoms. The van der Waals surface area contributed by atoms with Crippen LogP contribution in [0.25, 0.3) is 10.8 Å². The predicted molar refractivity (Wildman–Crippen MR) is 75.6 cm³/mol. The van der Waals surface area contributed by atoms with E-state index >= 15 is 0 Å². The predicted octanol–water partition coefficient (Wildman–Crippen LogP) is 3.89. The molecule has 2 atom stereocenters. The molecular weight excluding hydrogens is 222 g/mol. The van der Waals surface area contributed by atoms with Crippen molar-refractivity contribution in [2.45, 2.75) is 19.1 Å². The molecule has 1 aliphatic heterocycles. The van der Waals surface area contributed by atoms with Crippen molar-refractivity contribution in [1.82, 2.24) is 0 Å². The van der Waals surface area contributed by atoms with E-state index in [1.54, 1.807) is 0 Å². The van der Waals surface area contributed by atoms with Gasteiger partial charge in [-0.15, -0.1) is 0 Å². The zero-order valence-corrected chi connectivity index (χ0v) is 10.3. The van der Waals surface area contributed by atoms with Crippen molar-refractivity contribution in [3.63, 3.8) is 0 Å². The largest absolute Gasteiger partial charge is 0.361 e. The summed E-state index contributed by atoms with van der Waals surface area (Å²) in [6.07, 6.45) is 6.14. The van der Waals surface area contributed by atoms with Gasteiger partial charge in [0.15, 0.2) is 0 Å². The Kier molecular flexibility index (Phi) is 2.95. The smallest absolute Gasteiger partial charge is 0.112 e. The van der Waals surface area contributed by atoms with Crippen LogP contribution in [-0.4, -0.2) is 18.4 Å². The second-order valence-electron chi connectivity index (χ2n) is 4.50. The number of aliphatic imine (C=N–C) groups is 1. The molecule has 0 aromatic heterocycles. The molecule has 0 spiro atoms. The van der Waals surface area contributed by atoms with Crippen LogP contribution in [0.5, 0.6) is 0 Å². The number of ether oxygens (including phenoxy) is 1. The van der Waals surface area contributed by atoms with Crippen LogP contribution < -0.4 is 0 Å². The number of nitrogens with zero attached hydrogens (tertiary/aromatic N) is 1. The van der Waals surface area contributed by atoms with E-state index in [1.165, 1.54) is 10.8 Å². The molecule has 2 unspecified atom stereocenters. The Hall–Kier alpha value is -1.93. The Labute approximate surface area is 107 Å². The van der Waals surface area contributed by atoms with Crippen molar-refractivity contribution >= 4 is 22.7 Å². The average Bonchev–Trinajstić information content (AvgIpc) is 2.82. The van der Waals surface area contributed by atoms with Crippen LogP contribution in [0, 0.1) is 0 Å². The monoisotopic (exact) mass is 237 g/mol. The summed E-state index contributed by atoms with van der Waals surface area (Å²) in [4.78, 5) is 4.47. The first-order chi connectivity index (χ1) is 8.81. The summed E-state index contributed by atoms with van der Waals surface area (Å²) in [5, 5.41) is 2.45. The van der Waals surface area contributed by atoms with Gasteiger partial charge in [0, 0.05) is 6.21 Å². The topological polar surface area (TPSA) is 21.6 Å². The summed E-state index contributed by atoms with van der Waals surface area (Å²) < 4.78 is 5.61. The summed E-state index contributed by atoms with van der Waals surface area (Å²) in [7, 11) is 0. The second-order valence-corrected chi connectivity index (χ2v) is 4.50. The molecule has 3 rings (SSSR count). The summed E-state index contributed by atoms with van der Waals surface area (Å²) in [5.74, 6) is 0. The van der Waals surface area contributed by atoms with Crippen LogP contribution in [0.2, 0.25) is 0 Å². The van der Waals surface area contributed by atoms with E-state index < -0.39 is 0 Å². The van der Waals surface area contributed by atoms with Crippen LogP contribution in [0.4, 0.5) is 5.69 Å². The first-order valence-electron chi connectivity index (χ1n) is 6.18. The fourth-order valence-corrected chi connectivity index (χ4v) is 2.11. The van der Waals surface area contributed by atoms with E-state index in [0.717, 1.165) is 5.69 Å². The molecule has 0 N–H and O–H groups in total. The molecule has 2 aromatic carbocycles. The lowest BCUT2D eigenvalue weighted by Crippen LogP contribution is -2.09. The lowest BCUT2D eigenvalue weighted by atomic mass is 10.1. The molecule has 90 valence electrons. The van der Waals surface area contributed by atoms with E-state index in [9.17, 15) is 0 Å². The van der Waals surface area contributed by atoms with Gasteiger partial charge >= 0.3 is 0 Å². The van der Waals surface area contributed by atoms with Gasteiger partial charge in [0.05, 0.1) is 11.8 Å². The Morgan fingerprint density at radius 2 is 1.89 bits per heavy atom. The molecule has 0 amide bonds. The van der Waals surface area contributed by atoms with Crippen molar-refractivity contribution in [2.24, 2.45) is 4.99 Å².